The number of benzene rings is 2. The van der Waals surface area contributed by atoms with Crippen molar-refractivity contribution in [2.45, 2.75) is 6.18 Å². The summed E-state index contributed by atoms with van der Waals surface area (Å²) in [5.74, 6) is -3.19. The van der Waals surface area contributed by atoms with Crippen LogP contribution >= 0.6 is 0 Å². The number of carbonyl (C=O) groups is 1. The normalized spacial score (nSPS) is 12.3. The van der Waals surface area contributed by atoms with Crippen LogP contribution in [-0.2, 0) is 10.0 Å². The maximum atomic E-state index is 12.1. The molecule has 2 rings (SSSR count). The van der Waals surface area contributed by atoms with Gasteiger partial charge in [0.1, 0.15) is 0 Å². The second-order valence-electron chi connectivity index (χ2n) is 4.37. The number of alkyl halides is 3. The molecule has 0 aliphatic heterocycles. The quantitative estimate of drug-likeness (QED) is 0.946. The molecule has 0 atom stereocenters. The smallest absolute Gasteiger partial charge is 0.268 e. The number of rotatable bonds is 3. The largest absolute Gasteiger partial charge is 0.404 e. The van der Waals surface area contributed by atoms with Gasteiger partial charge in [-0.15, -0.1) is 0 Å². The lowest BCUT2D eigenvalue weighted by Crippen LogP contribution is -2.37. The van der Waals surface area contributed by atoms with Gasteiger partial charge < -0.3 is 0 Å². The highest BCUT2D eigenvalue weighted by Gasteiger charge is 2.36. The van der Waals surface area contributed by atoms with Crippen molar-refractivity contribution in [2.75, 3.05) is 5.75 Å². The zero-order chi connectivity index (χ0) is 15.7. The van der Waals surface area contributed by atoms with E-state index in [-0.39, 0.29) is 5.56 Å². The van der Waals surface area contributed by atoms with Gasteiger partial charge in [-0.2, -0.15) is 13.2 Å². The number of sulfonamides is 1. The third-order valence-corrected chi connectivity index (χ3v) is 3.82. The maximum absolute atomic E-state index is 12.1. The molecule has 0 spiro atoms. The second-order valence-corrected chi connectivity index (χ2v) is 6.09. The van der Waals surface area contributed by atoms with Gasteiger partial charge in [0.2, 0.25) is 10.0 Å². The zero-order valence-electron chi connectivity index (χ0n) is 10.5. The highest BCUT2D eigenvalue weighted by atomic mass is 32.2. The standard InChI is InChI=1S/C13H10F3NO3S/c14-13(15,16)8-21(19,20)17-12(18)11-6-5-9-3-1-2-4-10(9)7-11/h1-7H,8H2,(H,17,18). The lowest BCUT2D eigenvalue weighted by atomic mass is 10.1. The van der Waals surface area contributed by atoms with Gasteiger partial charge in [-0.3, -0.25) is 4.79 Å². The fraction of sp³-hybridized carbons (Fsp3) is 0.154. The third kappa shape index (κ3) is 4.19. The summed E-state index contributed by atoms with van der Waals surface area (Å²) >= 11 is 0. The molecule has 21 heavy (non-hydrogen) atoms. The minimum absolute atomic E-state index is 0.0283. The van der Waals surface area contributed by atoms with Gasteiger partial charge in [0.05, 0.1) is 0 Å². The Morgan fingerprint density at radius 3 is 2.29 bits per heavy atom. The van der Waals surface area contributed by atoms with Crippen LogP contribution in [0.15, 0.2) is 42.5 Å². The van der Waals surface area contributed by atoms with Gasteiger partial charge in [-0.05, 0) is 22.9 Å². The Kier molecular flexibility index (Phi) is 3.91. The number of carbonyl (C=O) groups excluding carboxylic acids is 1. The summed E-state index contributed by atoms with van der Waals surface area (Å²) in [6, 6.07) is 11.4. The van der Waals surface area contributed by atoms with Crippen molar-refractivity contribution in [3.63, 3.8) is 0 Å². The van der Waals surface area contributed by atoms with Crippen molar-refractivity contribution in [1.82, 2.24) is 4.72 Å². The molecule has 0 bridgehead atoms. The van der Waals surface area contributed by atoms with Crippen LogP contribution in [0.1, 0.15) is 10.4 Å². The molecule has 4 nitrogen and oxygen atoms in total. The molecule has 2 aromatic carbocycles. The van der Waals surface area contributed by atoms with E-state index in [0.29, 0.717) is 5.39 Å². The number of amides is 1. The summed E-state index contributed by atoms with van der Waals surface area (Å²) in [4.78, 5) is 11.7. The first kappa shape index (κ1) is 15.3. The lowest BCUT2D eigenvalue weighted by molar-refractivity contribution is -0.106. The number of nitrogens with one attached hydrogen (secondary N) is 1. The average Bonchev–Trinajstić information content (AvgIpc) is 2.34. The van der Waals surface area contributed by atoms with Crippen molar-refractivity contribution in [2.24, 2.45) is 0 Å². The Morgan fingerprint density at radius 1 is 1.05 bits per heavy atom. The summed E-state index contributed by atoms with van der Waals surface area (Å²) in [6.45, 7) is 0. The van der Waals surface area contributed by atoms with E-state index in [0.717, 1.165) is 5.39 Å². The molecule has 2 aromatic rings. The van der Waals surface area contributed by atoms with Gasteiger partial charge >= 0.3 is 6.18 Å². The topological polar surface area (TPSA) is 63.2 Å². The van der Waals surface area contributed by atoms with E-state index in [1.165, 1.54) is 16.9 Å². The zero-order valence-corrected chi connectivity index (χ0v) is 11.3. The summed E-state index contributed by atoms with van der Waals surface area (Å²) < 4.78 is 60.1. The summed E-state index contributed by atoms with van der Waals surface area (Å²) in [5.41, 5.74) is -0.0283. The third-order valence-electron chi connectivity index (χ3n) is 2.61. The Bertz CT molecular complexity index is 785. The van der Waals surface area contributed by atoms with Gasteiger partial charge in [0.15, 0.2) is 5.75 Å². The fourth-order valence-electron chi connectivity index (χ4n) is 1.78. The van der Waals surface area contributed by atoms with E-state index in [1.54, 1.807) is 30.3 Å². The molecule has 0 unspecified atom stereocenters. The van der Waals surface area contributed by atoms with E-state index in [1.807, 2.05) is 0 Å². The second kappa shape index (κ2) is 5.36. The number of fused-ring (bicyclic) bond motifs is 1. The highest BCUT2D eigenvalue weighted by Crippen LogP contribution is 2.18. The number of halogens is 3. The van der Waals surface area contributed by atoms with Gasteiger partial charge in [-0.1, -0.05) is 30.3 Å². The molecule has 0 aliphatic rings. The van der Waals surface area contributed by atoms with Gasteiger partial charge in [-0.25, -0.2) is 13.1 Å². The van der Waals surface area contributed by atoms with Crippen LogP contribution < -0.4 is 4.72 Å². The molecule has 1 amide bonds. The first-order valence-electron chi connectivity index (χ1n) is 5.77. The summed E-state index contributed by atoms with van der Waals surface area (Å²) in [7, 11) is -4.76. The summed E-state index contributed by atoms with van der Waals surface area (Å²) in [5, 5.41) is 1.51. The molecule has 1 N–H and O–H groups in total. The highest BCUT2D eigenvalue weighted by molar-refractivity contribution is 7.90. The molecule has 112 valence electrons. The van der Waals surface area contributed by atoms with Crippen LogP contribution in [0.2, 0.25) is 0 Å². The van der Waals surface area contributed by atoms with E-state index >= 15 is 0 Å². The number of hydrogen-bond donors (Lipinski definition) is 1. The molecule has 0 saturated carbocycles. The first-order valence-corrected chi connectivity index (χ1v) is 7.42. The maximum Gasteiger partial charge on any atom is 0.404 e. The molecule has 0 aliphatic carbocycles. The number of hydrogen-bond acceptors (Lipinski definition) is 3. The lowest BCUT2D eigenvalue weighted by Gasteiger charge is -2.09. The minimum Gasteiger partial charge on any atom is -0.268 e. The van der Waals surface area contributed by atoms with Crippen LogP contribution in [0.5, 0.6) is 0 Å². The van der Waals surface area contributed by atoms with Crippen molar-refractivity contribution in [1.29, 1.82) is 0 Å². The van der Waals surface area contributed by atoms with E-state index in [2.05, 4.69) is 0 Å². The van der Waals surface area contributed by atoms with E-state index < -0.39 is 27.9 Å². The predicted octanol–water partition coefficient (Wildman–Crippen LogP) is 2.46. The Hall–Kier alpha value is -2.09. The van der Waals surface area contributed by atoms with Crippen LogP contribution in [0.3, 0.4) is 0 Å². The van der Waals surface area contributed by atoms with Crippen LogP contribution in [-0.4, -0.2) is 26.3 Å². The molecule has 0 aromatic heterocycles. The van der Waals surface area contributed by atoms with Crippen LogP contribution in [0, 0.1) is 0 Å². The average molecular weight is 317 g/mol. The monoisotopic (exact) mass is 317 g/mol. The van der Waals surface area contributed by atoms with E-state index in [9.17, 15) is 26.4 Å². The van der Waals surface area contributed by atoms with Crippen molar-refractivity contribution >= 4 is 26.7 Å². The van der Waals surface area contributed by atoms with Gasteiger partial charge in [0.25, 0.3) is 5.91 Å². The molecule has 0 radical (unpaired) electrons. The molecule has 8 heteroatoms. The first-order chi connectivity index (χ1) is 9.66. The Morgan fingerprint density at radius 2 is 1.67 bits per heavy atom. The SMILES string of the molecule is O=C(NS(=O)(=O)CC(F)(F)F)c1ccc2ccccc2c1. The molecule has 0 saturated heterocycles. The van der Waals surface area contributed by atoms with Gasteiger partial charge in [0, 0.05) is 5.56 Å². The fourth-order valence-corrected chi connectivity index (χ4v) is 2.69. The van der Waals surface area contributed by atoms with E-state index in [4.69, 9.17) is 0 Å². The minimum atomic E-state index is -4.91. The Labute approximate surface area is 118 Å². The van der Waals surface area contributed by atoms with Crippen molar-refractivity contribution in [3.05, 3.63) is 48.0 Å². The molecule has 0 fully saturated rings. The predicted molar refractivity (Wildman–Crippen MR) is 71.3 cm³/mol. The van der Waals surface area contributed by atoms with Crippen molar-refractivity contribution in [3.8, 4) is 0 Å². The van der Waals surface area contributed by atoms with Crippen molar-refractivity contribution < 1.29 is 26.4 Å². The molecular weight excluding hydrogens is 307 g/mol. The van der Waals surface area contributed by atoms with Crippen LogP contribution in [0.4, 0.5) is 13.2 Å². The molecular formula is C13H10F3NO3S. The summed E-state index contributed by atoms with van der Waals surface area (Å²) in [6.07, 6.45) is -4.91. The Balaban J connectivity index is 2.23. The molecule has 0 heterocycles. The van der Waals surface area contributed by atoms with Crippen LogP contribution in [0.25, 0.3) is 10.8 Å².